The van der Waals surface area contributed by atoms with Crippen LogP contribution in [0.15, 0.2) is 59.1 Å². The first-order valence-corrected chi connectivity index (χ1v) is 8.63. The largest absolute Gasteiger partial charge is 0.338 e. The Balaban J connectivity index is 1.79. The third kappa shape index (κ3) is 3.58. The minimum atomic E-state index is 0.143. The van der Waals surface area contributed by atoms with Crippen LogP contribution in [0, 0.1) is 0 Å². The van der Waals surface area contributed by atoms with Crippen LogP contribution in [-0.4, -0.2) is 23.9 Å². The Hall–Kier alpha value is -1.61. The lowest BCUT2D eigenvalue weighted by Gasteiger charge is -2.25. The molecule has 0 spiro atoms. The molecule has 1 amide bonds. The van der Waals surface area contributed by atoms with Gasteiger partial charge in [0.25, 0.3) is 5.91 Å². The zero-order chi connectivity index (χ0) is 15.4. The van der Waals surface area contributed by atoms with Gasteiger partial charge in [-0.3, -0.25) is 4.79 Å². The SMILES string of the molecule is O=C(c1cccc(Br)c1)N1CCCC[C@H](c2ccccc2)C1. The second-order valence-corrected chi connectivity index (χ2v) is 6.78. The summed E-state index contributed by atoms with van der Waals surface area (Å²) in [5.74, 6) is 0.587. The van der Waals surface area contributed by atoms with E-state index in [-0.39, 0.29) is 5.91 Å². The van der Waals surface area contributed by atoms with E-state index >= 15 is 0 Å². The number of rotatable bonds is 2. The van der Waals surface area contributed by atoms with Gasteiger partial charge in [-0.2, -0.15) is 0 Å². The number of carbonyl (C=O) groups excluding carboxylic acids is 1. The standard InChI is InChI=1S/C19H20BrNO/c20-18-11-6-10-16(13-18)19(22)21-12-5-4-9-17(14-21)15-7-2-1-3-8-15/h1-3,6-8,10-11,13,17H,4-5,9,12,14H2/t17-/m0/s1. The van der Waals surface area contributed by atoms with Gasteiger partial charge in [-0.05, 0) is 36.6 Å². The second-order valence-electron chi connectivity index (χ2n) is 5.86. The summed E-state index contributed by atoms with van der Waals surface area (Å²) in [6.45, 7) is 1.67. The maximum Gasteiger partial charge on any atom is 0.253 e. The van der Waals surface area contributed by atoms with Gasteiger partial charge in [0.2, 0.25) is 0 Å². The Kier molecular flexibility index (Phi) is 4.94. The average Bonchev–Trinajstić information content (AvgIpc) is 2.81. The third-order valence-corrected chi connectivity index (χ3v) is 4.79. The van der Waals surface area contributed by atoms with E-state index in [2.05, 4.69) is 40.2 Å². The third-order valence-electron chi connectivity index (χ3n) is 4.30. The first-order chi connectivity index (χ1) is 10.7. The molecule has 2 aromatic carbocycles. The molecule has 3 rings (SSSR count). The summed E-state index contributed by atoms with van der Waals surface area (Å²) >= 11 is 3.45. The molecule has 1 heterocycles. The van der Waals surface area contributed by atoms with Crippen molar-refractivity contribution >= 4 is 21.8 Å². The average molecular weight is 358 g/mol. The summed E-state index contributed by atoms with van der Waals surface area (Å²) in [4.78, 5) is 14.8. The van der Waals surface area contributed by atoms with E-state index in [0.29, 0.717) is 5.92 Å². The normalized spacial score (nSPS) is 18.8. The van der Waals surface area contributed by atoms with Crippen LogP contribution in [0.1, 0.15) is 41.1 Å². The fourth-order valence-corrected chi connectivity index (χ4v) is 3.53. The van der Waals surface area contributed by atoms with Gasteiger partial charge in [0.15, 0.2) is 0 Å². The Morgan fingerprint density at radius 1 is 1.05 bits per heavy atom. The van der Waals surface area contributed by atoms with E-state index in [0.717, 1.165) is 36.0 Å². The Morgan fingerprint density at radius 2 is 1.86 bits per heavy atom. The zero-order valence-corrected chi connectivity index (χ0v) is 14.1. The Morgan fingerprint density at radius 3 is 2.64 bits per heavy atom. The van der Waals surface area contributed by atoms with Crippen molar-refractivity contribution in [2.75, 3.05) is 13.1 Å². The molecule has 0 saturated carbocycles. The Labute approximate surface area is 140 Å². The maximum absolute atomic E-state index is 12.8. The first-order valence-electron chi connectivity index (χ1n) is 7.84. The second kappa shape index (κ2) is 7.10. The highest BCUT2D eigenvalue weighted by Crippen LogP contribution is 2.27. The van der Waals surface area contributed by atoms with Crippen molar-refractivity contribution in [3.8, 4) is 0 Å². The highest BCUT2D eigenvalue weighted by molar-refractivity contribution is 9.10. The summed E-state index contributed by atoms with van der Waals surface area (Å²) in [5.41, 5.74) is 2.11. The molecule has 0 aromatic heterocycles. The molecule has 2 nitrogen and oxygen atoms in total. The van der Waals surface area contributed by atoms with Crippen molar-refractivity contribution in [3.63, 3.8) is 0 Å². The lowest BCUT2D eigenvalue weighted by molar-refractivity contribution is 0.0754. The minimum Gasteiger partial charge on any atom is -0.338 e. The fourth-order valence-electron chi connectivity index (χ4n) is 3.13. The number of hydrogen-bond acceptors (Lipinski definition) is 1. The van der Waals surface area contributed by atoms with Crippen LogP contribution in [-0.2, 0) is 0 Å². The quantitative estimate of drug-likeness (QED) is 0.751. The lowest BCUT2D eigenvalue weighted by atomic mass is 9.94. The number of nitrogens with zero attached hydrogens (tertiary/aromatic N) is 1. The highest BCUT2D eigenvalue weighted by Gasteiger charge is 2.23. The van der Waals surface area contributed by atoms with Crippen molar-refractivity contribution in [1.82, 2.24) is 4.90 Å². The van der Waals surface area contributed by atoms with Crippen LogP contribution in [0.3, 0.4) is 0 Å². The van der Waals surface area contributed by atoms with Crippen LogP contribution in [0.2, 0.25) is 0 Å². The van der Waals surface area contributed by atoms with Crippen molar-refractivity contribution in [2.45, 2.75) is 25.2 Å². The molecule has 0 unspecified atom stereocenters. The van der Waals surface area contributed by atoms with Gasteiger partial charge in [0, 0.05) is 29.0 Å². The van der Waals surface area contributed by atoms with E-state index < -0.39 is 0 Å². The molecule has 1 aliphatic rings. The molecular formula is C19H20BrNO. The molecule has 3 heteroatoms. The van der Waals surface area contributed by atoms with Crippen molar-refractivity contribution in [2.24, 2.45) is 0 Å². The number of amides is 1. The van der Waals surface area contributed by atoms with Crippen molar-refractivity contribution in [3.05, 3.63) is 70.2 Å². The molecule has 1 fully saturated rings. The van der Waals surface area contributed by atoms with Gasteiger partial charge in [0.05, 0.1) is 0 Å². The number of hydrogen-bond donors (Lipinski definition) is 0. The monoisotopic (exact) mass is 357 g/mol. The molecule has 114 valence electrons. The first kappa shape index (κ1) is 15.3. The molecule has 0 N–H and O–H groups in total. The lowest BCUT2D eigenvalue weighted by Crippen LogP contribution is -2.34. The molecule has 1 aliphatic heterocycles. The summed E-state index contributed by atoms with van der Waals surface area (Å²) in [7, 11) is 0. The summed E-state index contributed by atoms with van der Waals surface area (Å²) in [5, 5.41) is 0. The van der Waals surface area contributed by atoms with E-state index in [1.165, 1.54) is 12.0 Å². The number of benzene rings is 2. The fraction of sp³-hybridized carbons (Fsp3) is 0.316. The smallest absolute Gasteiger partial charge is 0.253 e. The van der Waals surface area contributed by atoms with Crippen LogP contribution >= 0.6 is 15.9 Å². The van der Waals surface area contributed by atoms with E-state index in [4.69, 9.17) is 0 Å². The summed E-state index contributed by atoms with van der Waals surface area (Å²) in [6, 6.07) is 18.2. The molecule has 0 radical (unpaired) electrons. The highest BCUT2D eigenvalue weighted by atomic mass is 79.9. The van der Waals surface area contributed by atoms with Gasteiger partial charge in [-0.15, -0.1) is 0 Å². The van der Waals surface area contributed by atoms with Crippen LogP contribution in [0.4, 0.5) is 0 Å². The van der Waals surface area contributed by atoms with E-state index in [9.17, 15) is 4.79 Å². The number of halogens is 1. The van der Waals surface area contributed by atoms with Crippen molar-refractivity contribution in [1.29, 1.82) is 0 Å². The predicted molar refractivity (Wildman–Crippen MR) is 93.1 cm³/mol. The predicted octanol–water partition coefficient (Wildman–Crippen LogP) is 4.86. The molecule has 22 heavy (non-hydrogen) atoms. The van der Waals surface area contributed by atoms with Gasteiger partial charge >= 0.3 is 0 Å². The van der Waals surface area contributed by atoms with Crippen LogP contribution < -0.4 is 0 Å². The molecule has 1 atom stereocenters. The minimum absolute atomic E-state index is 0.143. The molecule has 1 saturated heterocycles. The molecule has 0 bridgehead atoms. The number of likely N-dealkylation sites (tertiary alicyclic amines) is 1. The van der Waals surface area contributed by atoms with Gasteiger partial charge in [0.1, 0.15) is 0 Å². The van der Waals surface area contributed by atoms with Gasteiger partial charge < -0.3 is 4.90 Å². The number of carbonyl (C=O) groups is 1. The van der Waals surface area contributed by atoms with E-state index in [1.54, 1.807) is 0 Å². The topological polar surface area (TPSA) is 20.3 Å². The Bertz CT molecular complexity index is 641. The molecule has 0 aliphatic carbocycles. The molecular weight excluding hydrogens is 338 g/mol. The van der Waals surface area contributed by atoms with Crippen LogP contribution in [0.5, 0.6) is 0 Å². The zero-order valence-electron chi connectivity index (χ0n) is 12.5. The van der Waals surface area contributed by atoms with Crippen molar-refractivity contribution < 1.29 is 4.79 Å². The van der Waals surface area contributed by atoms with Gasteiger partial charge in [-0.1, -0.05) is 58.7 Å². The van der Waals surface area contributed by atoms with Crippen LogP contribution in [0.25, 0.3) is 0 Å². The summed E-state index contributed by atoms with van der Waals surface area (Å²) in [6.07, 6.45) is 3.43. The molecule has 2 aromatic rings. The van der Waals surface area contributed by atoms with Gasteiger partial charge in [-0.25, -0.2) is 0 Å². The summed E-state index contributed by atoms with van der Waals surface area (Å²) < 4.78 is 0.952. The van der Waals surface area contributed by atoms with E-state index in [1.807, 2.05) is 35.2 Å². The maximum atomic E-state index is 12.8.